The van der Waals surface area contributed by atoms with Crippen LogP contribution in [0.15, 0.2) is 42.5 Å². The highest BCUT2D eigenvalue weighted by Crippen LogP contribution is 2.30. The molecule has 2 rings (SSSR count). The number of benzene rings is 2. The third-order valence-corrected chi connectivity index (χ3v) is 4.11. The van der Waals surface area contributed by atoms with Crippen molar-refractivity contribution in [2.24, 2.45) is 5.84 Å². The van der Waals surface area contributed by atoms with E-state index in [-0.39, 0.29) is 13.2 Å². The Labute approximate surface area is 156 Å². The van der Waals surface area contributed by atoms with Crippen LogP contribution in [0.3, 0.4) is 0 Å². The second-order valence-corrected chi connectivity index (χ2v) is 6.36. The van der Waals surface area contributed by atoms with E-state index in [1.807, 2.05) is 30.3 Å². The normalized spacial score (nSPS) is 12.2. The van der Waals surface area contributed by atoms with Crippen molar-refractivity contribution in [3.8, 4) is 11.1 Å². The summed E-state index contributed by atoms with van der Waals surface area (Å²) in [7, 11) is 0. The first-order valence-electron chi connectivity index (χ1n) is 7.79. The van der Waals surface area contributed by atoms with Crippen LogP contribution in [0.5, 0.6) is 0 Å². The lowest BCUT2D eigenvalue weighted by atomic mass is 10.0. The molecule has 0 amide bonds. The molecular formula is C18H20Cl2N2O3. The zero-order valence-electron chi connectivity index (χ0n) is 13.8. The molecule has 0 saturated carbocycles. The van der Waals surface area contributed by atoms with Gasteiger partial charge in [-0.1, -0.05) is 47.5 Å². The number of nitrogens with zero attached hydrogens (tertiary/aromatic N) is 1. The van der Waals surface area contributed by atoms with Gasteiger partial charge in [0.15, 0.2) is 6.10 Å². The maximum Gasteiger partial charge on any atom is 0.336 e. The molecule has 0 heterocycles. The molecule has 0 aliphatic rings. The van der Waals surface area contributed by atoms with Crippen molar-refractivity contribution in [1.82, 2.24) is 5.01 Å². The van der Waals surface area contributed by atoms with Gasteiger partial charge in [0, 0.05) is 22.2 Å². The van der Waals surface area contributed by atoms with E-state index >= 15 is 0 Å². The van der Waals surface area contributed by atoms with E-state index in [2.05, 4.69) is 0 Å². The van der Waals surface area contributed by atoms with Crippen molar-refractivity contribution in [2.75, 3.05) is 13.2 Å². The highest BCUT2D eigenvalue weighted by molar-refractivity contribution is 6.35. The highest BCUT2D eigenvalue weighted by Gasteiger charge is 2.18. The maximum absolute atomic E-state index is 11.4. The average molecular weight is 383 g/mol. The van der Waals surface area contributed by atoms with Gasteiger partial charge in [-0.3, -0.25) is 5.84 Å². The number of halogens is 2. The van der Waals surface area contributed by atoms with E-state index in [1.54, 1.807) is 19.1 Å². The van der Waals surface area contributed by atoms with Gasteiger partial charge in [0.05, 0.1) is 13.2 Å². The fourth-order valence-electron chi connectivity index (χ4n) is 2.34. The number of aliphatic hydroxyl groups is 1. The molecule has 2 aromatic rings. The van der Waals surface area contributed by atoms with Gasteiger partial charge in [0.25, 0.3) is 0 Å². The van der Waals surface area contributed by atoms with Crippen molar-refractivity contribution in [3.05, 3.63) is 58.1 Å². The second-order valence-electron chi connectivity index (χ2n) is 5.52. The molecule has 2 aromatic carbocycles. The fraction of sp³-hybridized carbons (Fsp3) is 0.278. The monoisotopic (exact) mass is 382 g/mol. The van der Waals surface area contributed by atoms with Crippen LogP contribution < -0.4 is 5.84 Å². The van der Waals surface area contributed by atoms with Crippen LogP contribution in [0.4, 0.5) is 0 Å². The first kappa shape index (κ1) is 19.7. The van der Waals surface area contributed by atoms with Gasteiger partial charge in [-0.05, 0) is 36.2 Å². The number of esters is 1. The van der Waals surface area contributed by atoms with Crippen molar-refractivity contribution in [3.63, 3.8) is 0 Å². The average Bonchev–Trinajstić information content (AvgIpc) is 2.58. The molecule has 0 aliphatic heterocycles. The number of ether oxygens (including phenoxy) is 1. The Hall–Kier alpha value is -1.63. The second kappa shape index (κ2) is 9.17. The molecule has 25 heavy (non-hydrogen) atoms. The van der Waals surface area contributed by atoms with Crippen molar-refractivity contribution >= 4 is 29.2 Å². The maximum atomic E-state index is 11.4. The van der Waals surface area contributed by atoms with Crippen LogP contribution in [0, 0.1) is 0 Å². The molecule has 1 unspecified atom stereocenters. The summed E-state index contributed by atoms with van der Waals surface area (Å²) >= 11 is 12.2. The summed E-state index contributed by atoms with van der Waals surface area (Å²) < 4.78 is 4.75. The van der Waals surface area contributed by atoms with Crippen LogP contribution in [0.25, 0.3) is 11.1 Å². The minimum absolute atomic E-state index is 0.0132. The molecule has 0 radical (unpaired) electrons. The summed E-state index contributed by atoms with van der Waals surface area (Å²) in [5.74, 6) is 5.18. The van der Waals surface area contributed by atoms with Gasteiger partial charge < -0.3 is 9.84 Å². The molecule has 0 fully saturated rings. The minimum Gasteiger partial charge on any atom is -0.464 e. The van der Waals surface area contributed by atoms with Crippen LogP contribution in [0.2, 0.25) is 10.0 Å². The summed E-state index contributed by atoms with van der Waals surface area (Å²) in [6, 6.07) is 13.0. The largest absolute Gasteiger partial charge is 0.464 e. The molecule has 134 valence electrons. The number of carbonyl (C=O) groups excluding carboxylic acids is 1. The third kappa shape index (κ3) is 5.70. The number of nitrogens with two attached hydrogens (primary N) is 1. The molecule has 5 nitrogen and oxygen atoms in total. The highest BCUT2D eigenvalue weighted by atomic mass is 35.5. The lowest BCUT2D eigenvalue weighted by Gasteiger charge is -2.19. The van der Waals surface area contributed by atoms with E-state index in [4.69, 9.17) is 33.8 Å². The number of hydrogen-bond acceptors (Lipinski definition) is 5. The number of aliphatic hydroxyl groups excluding tert-OH is 1. The Morgan fingerprint density at radius 1 is 1.24 bits per heavy atom. The first-order valence-corrected chi connectivity index (χ1v) is 8.55. The van der Waals surface area contributed by atoms with E-state index in [1.165, 1.54) is 5.01 Å². The topological polar surface area (TPSA) is 75.8 Å². The number of carbonyl (C=O) groups is 1. The quantitative estimate of drug-likeness (QED) is 0.436. The zero-order valence-corrected chi connectivity index (χ0v) is 15.3. The molecule has 0 aliphatic carbocycles. The summed E-state index contributed by atoms with van der Waals surface area (Å²) in [6.45, 7) is 2.26. The van der Waals surface area contributed by atoms with Crippen molar-refractivity contribution in [1.29, 1.82) is 0 Å². The lowest BCUT2D eigenvalue weighted by Crippen LogP contribution is -2.41. The van der Waals surface area contributed by atoms with E-state index in [9.17, 15) is 9.90 Å². The van der Waals surface area contributed by atoms with Gasteiger partial charge in [0.2, 0.25) is 0 Å². The molecule has 0 spiro atoms. The molecule has 0 aromatic heterocycles. The van der Waals surface area contributed by atoms with E-state index in [0.717, 1.165) is 16.7 Å². The lowest BCUT2D eigenvalue weighted by molar-refractivity contribution is -0.154. The van der Waals surface area contributed by atoms with Gasteiger partial charge in [-0.2, -0.15) is 0 Å². The molecule has 1 atom stereocenters. The fourth-order valence-corrected chi connectivity index (χ4v) is 2.74. The number of rotatable bonds is 7. The Bertz CT molecular complexity index is 723. The number of hydrazine groups is 1. The first-order chi connectivity index (χ1) is 11.9. The summed E-state index contributed by atoms with van der Waals surface area (Å²) in [6.07, 6.45) is -1.27. The smallest absolute Gasteiger partial charge is 0.336 e. The van der Waals surface area contributed by atoms with Crippen molar-refractivity contribution < 1.29 is 14.6 Å². The molecule has 0 saturated heterocycles. The van der Waals surface area contributed by atoms with E-state index in [0.29, 0.717) is 16.6 Å². The van der Waals surface area contributed by atoms with Crippen molar-refractivity contribution in [2.45, 2.75) is 19.6 Å². The molecule has 0 bridgehead atoms. The van der Waals surface area contributed by atoms with Gasteiger partial charge in [-0.15, -0.1) is 0 Å². The summed E-state index contributed by atoms with van der Waals surface area (Å²) in [5, 5.41) is 12.3. The Kier molecular flexibility index (Phi) is 7.23. The van der Waals surface area contributed by atoms with Crippen LogP contribution >= 0.6 is 23.2 Å². The number of hydrogen-bond donors (Lipinski definition) is 2. The Morgan fingerprint density at radius 2 is 1.92 bits per heavy atom. The van der Waals surface area contributed by atoms with Gasteiger partial charge in [-0.25, -0.2) is 9.80 Å². The standard InChI is InChI=1S/C18H20Cl2N2O3/c1-2-25-18(24)17(23)11-22(21)10-12-3-5-13(6-4-12)15-9-14(19)7-8-16(15)20/h3-9,17,23H,2,10-11,21H2,1H3. The predicted octanol–water partition coefficient (Wildman–Crippen LogP) is 3.26. The van der Waals surface area contributed by atoms with E-state index < -0.39 is 12.1 Å². The minimum atomic E-state index is -1.27. The Balaban J connectivity index is 2.00. The predicted molar refractivity (Wildman–Crippen MR) is 99.1 cm³/mol. The Morgan fingerprint density at radius 3 is 2.56 bits per heavy atom. The van der Waals surface area contributed by atoms with Crippen LogP contribution in [-0.4, -0.2) is 35.3 Å². The zero-order chi connectivity index (χ0) is 18.4. The molecule has 3 N–H and O–H groups in total. The van der Waals surface area contributed by atoms with Gasteiger partial charge >= 0.3 is 5.97 Å². The summed E-state index contributed by atoms with van der Waals surface area (Å²) in [5.41, 5.74) is 2.72. The van der Waals surface area contributed by atoms with Gasteiger partial charge in [0.1, 0.15) is 0 Å². The SMILES string of the molecule is CCOC(=O)C(O)CN(N)Cc1ccc(-c2cc(Cl)ccc2Cl)cc1. The van der Waals surface area contributed by atoms with Crippen LogP contribution in [0.1, 0.15) is 12.5 Å². The summed E-state index contributed by atoms with van der Waals surface area (Å²) in [4.78, 5) is 11.4. The molecule has 7 heteroatoms. The third-order valence-electron chi connectivity index (χ3n) is 3.55. The molecular weight excluding hydrogens is 363 g/mol. The van der Waals surface area contributed by atoms with Crippen LogP contribution in [-0.2, 0) is 16.1 Å².